The molecule has 1 aliphatic heterocycles. The van der Waals surface area contributed by atoms with Crippen molar-refractivity contribution in [3.63, 3.8) is 0 Å². The molecule has 1 aromatic heterocycles. The lowest BCUT2D eigenvalue weighted by Gasteiger charge is -2.18. The van der Waals surface area contributed by atoms with Crippen molar-refractivity contribution in [1.29, 1.82) is 0 Å². The maximum absolute atomic E-state index is 4.31. The van der Waals surface area contributed by atoms with Crippen molar-refractivity contribution in [2.24, 2.45) is 0 Å². The van der Waals surface area contributed by atoms with Crippen LogP contribution in [0.5, 0.6) is 0 Å². The number of hydrogen-bond acceptors (Lipinski definition) is 2. The lowest BCUT2D eigenvalue weighted by atomic mass is 10.0. The highest BCUT2D eigenvalue weighted by atomic mass is 15.1. The Morgan fingerprint density at radius 1 is 1.67 bits per heavy atom. The van der Waals surface area contributed by atoms with E-state index in [1.165, 1.54) is 25.0 Å². The Kier molecular flexibility index (Phi) is 3.41. The summed E-state index contributed by atoms with van der Waals surface area (Å²) in [7, 11) is 0. The van der Waals surface area contributed by atoms with E-state index >= 15 is 0 Å². The first-order valence-corrected chi connectivity index (χ1v) is 6.05. The molecular formula is C12H21N3. The molecular weight excluding hydrogens is 186 g/mol. The molecule has 2 unspecified atom stereocenters. The Balaban J connectivity index is 2.13. The number of nitrogens with one attached hydrogen (secondary N) is 1. The summed E-state index contributed by atoms with van der Waals surface area (Å²) in [5.41, 5.74) is 1.42. The molecule has 2 atom stereocenters. The molecule has 1 fully saturated rings. The third-order valence-electron chi connectivity index (χ3n) is 3.36. The minimum Gasteiger partial charge on any atom is -0.332 e. The smallest absolute Gasteiger partial charge is 0.0950 e. The Bertz CT molecular complexity index is 300. The maximum Gasteiger partial charge on any atom is 0.0950 e. The molecule has 1 N–H and O–H groups in total. The van der Waals surface area contributed by atoms with Crippen molar-refractivity contribution in [2.45, 2.75) is 45.1 Å². The third kappa shape index (κ3) is 2.23. The van der Waals surface area contributed by atoms with Crippen molar-refractivity contribution in [3.8, 4) is 0 Å². The fourth-order valence-electron chi connectivity index (χ4n) is 2.46. The number of nitrogens with zero attached hydrogens (tertiary/aromatic N) is 2. The van der Waals surface area contributed by atoms with Gasteiger partial charge in [-0.15, -0.1) is 0 Å². The van der Waals surface area contributed by atoms with E-state index in [9.17, 15) is 0 Å². The fourth-order valence-corrected chi connectivity index (χ4v) is 2.46. The lowest BCUT2D eigenvalue weighted by molar-refractivity contribution is 0.473. The normalized spacial score (nSPS) is 23.2. The van der Waals surface area contributed by atoms with Crippen LogP contribution in [0.3, 0.4) is 0 Å². The zero-order valence-corrected chi connectivity index (χ0v) is 9.74. The number of hydrogen-bond donors (Lipinski definition) is 1. The van der Waals surface area contributed by atoms with Crippen LogP contribution in [0, 0.1) is 0 Å². The highest BCUT2D eigenvalue weighted by Crippen LogP contribution is 2.25. The molecule has 0 spiro atoms. The van der Waals surface area contributed by atoms with Gasteiger partial charge >= 0.3 is 0 Å². The van der Waals surface area contributed by atoms with Crippen LogP contribution in [-0.2, 0) is 0 Å². The van der Waals surface area contributed by atoms with Gasteiger partial charge in [-0.25, -0.2) is 4.98 Å². The molecule has 0 amide bonds. The van der Waals surface area contributed by atoms with Gasteiger partial charge in [0, 0.05) is 30.4 Å². The Hall–Kier alpha value is -0.830. The van der Waals surface area contributed by atoms with Crippen molar-refractivity contribution >= 4 is 0 Å². The zero-order valence-electron chi connectivity index (χ0n) is 9.74. The standard InChI is InChI=1S/C12H21N3/c1-3-4-10(2)15-9-14-8-12(15)11-5-6-13-7-11/h8-11,13H,3-7H2,1-2H3. The van der Waals surface area contributed by atoms with Crippen LogP contribution in [0.15, 0.2) is 12.5 Å². The van der Waals surface area contributed by atoms with Gasteiger partial charge in [-0.1, -0.05) is 13.3 Å². The van der Waals surface area contributed by atoms with E-state index in [-0.39, 0.29) is 0 Å². The van der Waals surface area contributed by atoms with Crippen LogP contribution in [0.4, 0.5) is 0 Å². The maximum atomic E-state index is 4.31. The quantitative estimate of drug-likeness (QED) is 0.821. The van der Waals surface area contributed by atoms with Crippen molar-refractivity contribution in [1.82, 2.24) is 14.9 Å². The molecule has 15 heavy (non-hydrogen) atoms. The van der Waals surface area contributed by atoms with Gasteiger partial charge in [-0.3, -0.25) is 0 Å². The molecule has 0 aromatic carbocycles. The molecule has 0 bridgehead atoms. The SMILES string of the molecule is CCCC(C)n1cncc1C1CCNC1. The second-order valence-corrected chi connectivity index (χ2v) is 4.55. The Morgan fingerprint density at radius 3 is 3.20 bits per heavy atom. The predicted octanol–water partition coefficient (Wildman–Crippen LogP) is 2.32. The molecule has 0 radical (unpaired) electrons. The fraction of sp³-hybridized carbons (Fsp3) is 0.750. The van der Waals surface area contributed by atoms with Crippen molar-refractivity contribution < 1.29 is 0 Å². The van der Waals surface area contributed by atoms with Gasteiger partial charge in [0.15, 0.2) is 0 Å². The van der Waals surface area contributed by atoms with Gasteiger partial charge < -0.3 is 9.88 Å². The van der Waals surface area contributed by atoms with Gasteiger partial charge in [-0.2, -0.15) is 0 Å². The monoisotopic (exact) mass is 207 g/mol. The van der Waals surface area contributed by atoms with Crippen LogP contribution < -0.4 is 5.32 Å². The van der Waals surface area contributed by atoms with Crippen LogP contribution >= 0.6 is 0 Å². The minimum absolute atomic E-state index is 0.591. The van der Waals surface area contributed by atoms with Gasteiger partial charge in [0.1, 0.15) is 0 Å². The number of aromatic nitrogens is 2. The second kappa shape index (κ2) is 4.79. The summed E-state index contributed by atoms with van der Waals surface area (Å²) < 4.78 is 2.36. The van der Waals surface area contributed by atoms with Crippen molar-refractivity contribution in [3.05, 3.63) is 18.2 Å². The number of rotatable bonds is 4. The summed E-state index contributed by atoms with van der Waals surface area (Å²) in [6.45, 7) is 6.80. The first-order valence-electron chi connectivity index (χ1n) is 6.05. The molecule has 2 rings (SSSR count). The molecule has 3 nitrogen and oxygen atoms in total. The largest absolute Gasteiger partial charge is 0.332 e. The molecule has 1 aliphatic rings. The summed E-state index contributed by atoms with van der Waals surface area (Å²) in [4.78, 5) is 4.31. The van der Waals surface area contributed by atoms with Gasteiger partial charge in [0.25, 0.3) is 0 Å². The minimum atomic E-state index is 0.591. The molecule has 1 aromatic rings. The van der Waals surface area contributed by atoms with E-state index in [4.69, 9.17) is 0 Å². The van der Waals surface area contributed by atoms with Crippen LogP contribution in [0.25, 0.3) is 0 Å². The highest BCUT2D eigenvalue weighted by molar-refractivity contribution is 5.10. The zero-order chi connectivity index (χ0) is 10.7. The number of imidazole rings is 1. The van der Waals surface area contributed by atoms with E-state index in [0.29, 0.717) is 12.0 Å². The Labute approximate surface area is 91.9 Å². The third-order valence-corrected chi connectivity index (χ3v) is 3.36. The first kappa shape index (κ1) is 10.7. The van der Waals surface area contributed by atoms with E-state index < -0.39 is 0 Å². The second-order valence-electron chi connectivity index (χ2n) is 4.55. The van der Waals surface area contributed by atoms with Crippen LogP contribution in [-0.4, -0.2) is 22.6 Å². The molecule has 2 heterocycles. The average Bonchev–Trinajstić information content (AvgIpc) is 2.88. The summed E-state index contributed by atoms with van der Waals surface area (Å²) in [6.07, 6.45) is 7.77. The van der Waals surface area contributed by atoms with Crippen LogP contribution in [0.2, 0.25) is 0 Å². The molecule has 1 saturated heterocycles. The highest BCUT2D eigenvalue weighted by Gasteiger charge is 2.21. The van der Waals surface area contributed by atoms with E-state index in [1.807, 2.05) is 12.5 Å². The molecule has 0 saturated carbocycles. The van der Waals surface area contributed by atoms with Gasteiger partial charge in [0.05, 0.1) is 6.33 Å². The molecule has 84 valence electrons. The average molecular weight is 207 g/mol. The Morgan fingerprint density at radius 2 is 2.53 bits per heavy atom. The summed E-state index contributed by atoms with van der Waals surface area (Å²) in [5.74, 6) is 0.673. The molecule has 3 heteroatoms. The van der Waals surface area contributed by atoms with Gasteiger partial charge in [0.2, 0.25) is 0 Å². The summed E-state index contributed by atoms with van der Waals surface area (Å²) in [6, 6.07) is 0.591. The topological polar surface area (TPSA) is 29.9 Å². The van der Waals surface area contributed by atoms with Gasteiger partial charge in [-0.05, 0) is 26.3 Å². The van der Waals surface area contributed by atoms with E-state index in [1.54, 1.807) is 0 Å². The first-order chi connectivity index (χ1) is 7.33. The summed E-state index contributed by atoms with van der Waals surface area (Å²) >= 11 is 0. The summed E-state index contributed by atoms with van der Waals surface area (Å²) in [5, 5.41) is 3.42. The van der Waals surface area contributed by atoms with Crippen LogP contribution in [0.1, 0.15) is 50.8 Å². The lowest BCUT2D eigenvalue weighted by Crippen LogP contribution is -2.13. The predicted molar refractivity (Wildman–Crippen MR) is 62.1 cm³/mol. The van der Waals surface area contributed by atoms with E-state index in [0.717, 1.165) is 13.1 Å². The van der Waals surface area contributed by atoms with E-state index in [2.05, 4.69) is 28.7 Å². The van der Waals surface area contributed by atoms with Crippen molar-refractivity contribution in [2.75, 3.05) is 13.1 Å². The molecule has 0 aliphatic carbocycles.